The van der Waals surface area contributed by atoms with E-state index in [1.165, 1.54) is 26.2 Å². The average molecular weight is 207 g/mol. The molecule has 0 amide bonds. The first-order valence-electron chi connectivity index (χ1n) is 3.68. The standard InChI is InChI=1S/C8H18P3/c1-6-10(3)8-11(4,5)7-9-2/h2-4,6-8H2,1,5H3/q+1. The van der Waals surface area contributed by atoms with E-state index in [1.807, 2.05) is 0 Å². The van der Waals surface area contributed by atoms with Crippen LogP contribution >= 0.6 is 22.6 Å². The molecule has 0 aromatic heterocycles. The molecule has 0 N–H and O–H groups in total. The maximum Gasteiger partial charge on any atom is 0.123 e. The molecule has 11 heavy (non-hydrogen) atoms. The Kier molecular flexibility index (Phi) is 5.62. The third-order valence-corrected chi connectivity index (χ3v) is 10.2. The van der Waals surface area contributed by atoms with Crippen LogP contribution in [0.3, 0.4) is 0 Å². The number of rotatable bonds is 5. The molecule has 64 valence electrons. The molecule has 0 aliphatic heterocycles. The third-order valence-electron chi connectivity index (χ3n) is 1.43. The van der Waals surface area contributed by atoms with Crippen molar-refractivity contribution in [2.45, 2.75) is 6.92 Å². The van der Waals surface area contributed by atoms with Crippen molar-refractivity contribution in [1.82, 2.24) is 0 Å². The first-order valence-corrected chi connectivity index (χ1v) is 9.64. The third kappa shape index (κ3) is 5.86. The van der Waals surface area contributed by atoms with Crippen LogP contribution in [0.25, 0.3) is 0 Å². The quantitative estimate of drug-likeness (QED) is 0.607. The SMILES string of the molecule is C=PCP(=C)(C)C[P+](=C)CC. The fraction of sp³-hybridized carbons (Fsp3) is 0.625. The summed E-state index contributed by atoms with van der Waals surface area (Å²) in [5, 5.41) is 0. The van der Waals surface area contributed by atoms with Crippen LogP contribution in [-0.2, 0) is 0 Å². The van der Waals surface area contributed by atoms with Gasteiger partial charge in [0.05, 0.1) is 13.8 Å². The van der Waals surface area contributed by atoms with Gasteiger partial charge in [-0.2, -0.15) is 0 Å². The fourth-order valence-corrected chi connectivity index (χ4v) is 8.63. The van der Waals surface area contributed by atoms with E-state index >= 15 is 0 Å². The second-order valence-electron chi connectivity index (χ2n) is 3.11. The van der Waals surface area contributed by atoms with E-state index in [1.54, 1.807) is 0 Å². The Balaban J connectivity index is 4.01. The predicted molar refractivity (Wildman–Crippen MR) is 68.3 cm³/mol. The van der Waals surface area contributed by atoms with Crippen molar-refractivity contribution < 1.29 is 0 Å². The normalized spacial score (nSPS) is 17.8. The molecule has 0 bridgehead atoms. The first-order chi connectivity index (χ1) is 5.02. The smallest absolute Gasteiger partial charge is 0.108 e. The van der Waals surface area contributed by atoms with Crippen LogP contribution in [0, 0.1) is 0 Å². The van der Waals surface area contributed by atoms with Gasteiger partial charge < -0.3 is 0 Å². The average Bonchev–Trinajstić information content (AvgIpc) is 1.86. The Morgan fingerprint density at radius 2 is 2.09 bits per heavy atom. The second kappa shape index (κ2) is 5.31. The van der Waals surface area contributed by atoms with E-state index in [2.05, 4.69) is 32.5 Å². The Morgan fingerprint density at radius 3 is 2.45 bits per heavy atom. The highest BCUT2D eigenvalue weighted by Gasteiger charge is 2.13. The Labute approximate surface area is 73.6 Å². The van der Waals surface area contributed by atoms with E-state index in [0.29, 0.717) is 0 Å². The number of hydrogen-bond donors (Lipinski definition) is 0. The molecular weight excluding hydrogens is 189 g/mol. The molecule has 0 fully saturated rings. The topological polar surface area (TPSA) is 0 Å². The van der Waals surface area contributed by atoms with Crippen LogP contribution in [0.4, 0.5) is 0 Å². The van der Waals surface area contributed by atoms with Gasteiger partial charge >= 0.3 is 0 Å². The largest absolute Gasteiger partial charge is 0.123 e. The van der Waals surface area contributed by atoms with E-state index in [0.717, 1.165) is 0 Å². The molecule has 0 aromatic carbocycles. The highest BCUT2D eigenvalue weighted by molar-refractivity contribution is 7.86. The summed E-state index contributed by atoms with van der Waals surface area (Å²) in [6.45, 7) is 3.67. The monoisotopic (exact) mass is 207 g/mol. The van der Waals surface area contributed by atoms with E-state index < -0.39 is 6.89 Å². The molecule has 0 aliphatic carbocycles. The van der Waals surface area contributed by atoms with Crippen molar-refractivity contribution in [2.75, 3.05) is 24.6 Å². The summed E-state index contributed by atoms with van der Waals surface area (Å²) in [4.78, 5) is 0. The van der Waals surface area contributed by atoms with Gasteiger partial charge in [0.2, 0.25) is 0 Å². The minimum Gasteiger partial charge on any atom is -0.108 e. The molecule has 3 heteroatoms. The van der Waals surface area contributed by atoms with Crippen LogP contribution in [-0.4, -0.2) is 43.5 Å². The zero-order chi connectivity index (χ0) is 8.91. The molecule has 2 atom stereocenters. The molecule has 0 saturated heterocycles. The van der Waals surface area contributed by atoms with Crippen molar-refractivity contribution >= 4 is 41.5 Å². The van der Waals surface area contributed by atoms with Crippen molar-refractivity contribution in [1.29, 1.82) is 0 Å². The molecular formula is C8H18P3+. The molecule has 0 radical (unpaired) electrons. The Hall–Kier alpha value is 0.640. The lowest BCUT2D eigenvalue weighted by molar-refractivity contribution is 1.51. The molecule has 0 rings (SSSR count). The summed E-state index contributed by atoms with van der Waals surface area (Å²) in [7, 11) is 1.28. The van der Waals surface area contributed by atoms with Gasteiger partial charge in [0.15, 0.2) is 0 Å². The lowest BCUT2D eigenvalue weighted by atomic mass is 11.0. The number of hydrogen-bond acceptors (Lipinski definition) is 0. The van der Waals surface area contributed by atoms with E-state index in [-0.39, 0.29) is 7.55 Å². The summed E-state index contributed by atoms with van der Waals surface area (Å²) in [6, 6.07) is 0. The maximum absolute atomic E-state index is 4.29. The highest BCUT2D eigenvalue weighted by Crippen LogP contribution is 2.50. The fourth-order valence-electron chi connectivity index (χ4n) is 0.869. The maximum atomic E-state index is 4.29. The Morgan fingerprint density at radius 1 is 1.55 bits per heavy atom. The molecule has 0 aromatic rings. The zero-order valence-electron chi connectivity index (χ0n) is 7.58. The molecule has 0 aliphatic rings. The first kappa shape index (κ1) is 11.6. The zero-order valence-corrected chi connectivity index (χ0v) is 10.3. The van der Waals surface area contributed by atoms with Crippen LogP contribution < -0.4 is 0 Å². The van der Waals surface area contributed by atoms with Crippen molar-refractivity contribution in [2.24, 2.45) is 0 Å². The van der Waals surface area contributed by atoms with E-state index in [4.69, 9.17) is 0 Å². The van der Waals surface area contributed by atoms with Gasteiger partial charge in [0.25, 0.3) is 0 Å². The van der Waals surface area contributed by atoms with Gasteiger partial charge in [-0.05, 0) is 13.6 Å². The molecule has 0 saturated carbocycles. The molecule has 0 heterocycles. The van der Waals surface area contributed by atoms with E-state index in [9.17, 15) is 0 Å². The Bertz CT molecular complexity index is 194. The summed E-state index contributed by atoms with van der Waals surface area (Å²) < 4.78 is 0. The van der Waals surface area contributed by atoms with Crippen LogP contribution in [0.2, 0.25) is 0 Å². The minimum absolute atomic E-state index is 0.0267. The highest BCUT2D eigenvalue weighted by atomic mass is 31.2. The van der Waals surface area contributed by atoms with Gasteiger partial charge in [0.1, 0.15) is 12.1 Å². The lowest BCUT2D eigenvalue weighted by Crippen LogP contribution is -1.86. The van der Waals surface area contributed by atoms with Gasteiger partial charge in [0, 0.05) is 5.90 Å². The summed E-state index contributed by atoms with van der Waals surface area (Å²) >= 11 is 0. The van der Waals surface area contributed by atoms with Crippen LogP contribution in [0.5, 0.6) is 0 Å². The van der Waals surface area contributed by atoms with Crippen molar-refractivity contribution in [3.63, 3.8) is 0 Å². The lowest BCUT2D eigenvalue weighted by Gasteiger charge is -2.10. The minimum atomic E-state index is -0.874. The molecule has 0 spiro atoms. The van der Waals surface area contributed by atoms with Gasteiger partial charge in [-0.3, -0.25) is 0 Å². The van der Waals surface area contributed by atoms with Crippen molar-refractivity contribution in [3.8, 4) is 0 Å². The second-order valence-corrected chi connectivity index (χ2v) is 11.0. The van der Waals surface area contributed by atoms with Gasteiger partial charge in [-0.25, -0.2) is 0 Å². The molecule has 0 nitrogen and oxygen atoms in total. The summed E-state index contributed by atoms with van der Waals surface area (Å²) in [6.07, 6.45) is 13.5. The summed E-state index contributed by atoms with van der Waals surface area (Å²) in [5.74, 6) is 2.50. The van der Waals surface area contributed by atoms with Crippen molar-refractivity contribution in [3.05, 3.63) is 0 Å². The summed E-state index contributed by atoms with van der Waals surface area (Å²) in [5.41, 5.74) is 0. The van der Waals surface area contributed by atoms with Gasteiger partial charge in [-0.15, -0.1) is 8.20 Å². The molecule has 2 unspecified atom stereocenters. The van der Waals surface area contributed by atoms with Crippen LogP contribution in [0.1, 0.15) is 6.92 Å². The predicted octanol–water partition coefficient (Wildman–Crippen LogP) is 3.29. The van der Waals surface area contributed by atoms with Crippen LogP contribution in [0.15, 0.2) is 0 Å². The van der Waals surface area contributed by atoms with Gasteiger partial charge in [-0.1, -0.05) is 19.5 Å².